The molecular formula is C34H34N4O3. The van der Waals surface area contributed by atoms with Crippen LogP contribution in [0.2, 0.25) is 0 Å². The highest BCUT2D eigenvalue weighted by molar-refractivity contribution is 5.80. The zero-order valence-electron chi connectivity index (χ0n) is 23.5. The van der Waals surface area contributed by atoms with E-state index in [1.807, 2.05) is 47.0 Å². The third-order valence-electron chi connectivity index (χ3n) is 7.86. The Morgan fingerprint density at radius 1 is 0.951 bits per heavy atom. The smallest absolute Gasteiger partial charge is 0.296 e. The highest BCUT2D eigenvalue weighted by atomic mass is 16.5. The van der Waals surface area contributed by atoms with Crippen LogP contribution in [0.25, 0.3) is 28.2 Å². The summed E-state index contributed by atoms with van der Waals surface area (Å²) >= 11 is 0. The molecule has 7 heteroatoms. The molecule has 208 valence electrons. The van der Waals surface area contributed by atoms with Gasteiger partial charge < -0.3 is 0 Å². The summed E-state index contributed by atoms with van der Waals surface area (Å²) in [5.41, 5.74) is 7.65. The monoisotopic (exact) mass is 546 g/mol. The number of aromatic amines is 1. The van der Waals surface area contributed by atoms with Crippen molar-refractivity contribution >= 4 is 0 Å². The molecule has 1 fully saturated rings. The van der Waals surface area contributed by atoms with Crippen LogP contribution < -0.4 is 11.3 Å². The van der Waals surface area contributed by atoms with Crippen LogP contribution in [0.1, 0.15) is 73.7 Å². The van der Waals surface area contributed by atoms with Crippen molar-refractivity contribution < 1.29 is 4.52 Å². The predicted molar refractivity (Wildman–Crippen MR) is 161 cm³/mol. The van der Waals surface area contributed by atoms with Crippen molar-refractivity contribution in [3.05, 3.63) is 122 Å². The Kier molecular flexibility index (Phi) is 7.51. The van der Waals surface area contributed by atoms with Crippen LogP contribution in [0.4, 0.5) is 0 Å². The van der Waals surface area contributed by atoms with E-state index in [1.54, 1.807) is 0 Å². The van der Waals surface area contributed by atoms with Crippen molar-refractivity contribution in [1.82, 2.24) is 19.7 Å². The van der Waals surface area contributed by atoms with Crippen LogP contribution in [0.5, 0.6) is 0 Å². The van der Waals surface area contributed by atoms with Gasteiger partial charge in [-0.1, -0.05) is 86.1 Å². The summed E-state index contributed by atoms with van der Waals surface area (Å²) < 4.78 is 6.56. The summed E-state index contributed by atoms with van der Waals surface area (Å²) in [6.07, 6.45) is 6.45. The molecule has 1 saturated carbocycles. The second kappa shape index (κ2) is 11.5. The lowest BCUT2D eigenvalue weighted by atomic mass is 9.96. The van der Waals surface area contributed by atoms with E-state index in [9.17, 15) is 9.59 Å². The Balaban J connectivity index is 1.37. The van der Waals surface area contributed by atoms with Gasteiger partial charge in [0.25, 0.3) is 5.56 Å². The van der Waals surface area contributed by atoms with Crippen LogP contribution in [-0.2, 0) is 19.3 Å². The van der Waals surface area contributed by atoms with Crippen molar-refractivity contribution in [2.24, 2.45) is 0 Å². The lowest BCUT2D eigenvalue weighted by Gasteiger charge is -2.18. The lowest BCUT2D eigenvalue weighted by Crippen LogP contribution is -2.29. The number of nitrogens with one attached hydrogen (secondary N) is 1. The zero-order chi connectivity index (χ0) is 28.3. The van der Waals surface area contributed by atoms with Gasteiger partial charge in [-0.3, -0.25) is 18.9 Å². The van der Waals surface area contributed by atoms with E-state index >= 15 is 0 Å². The Hall–Kier alpha value is -4.52. The summed E-state index contributed by atoms with van der Waals surface area (Å²) in [5, 5.41) is 3.87. The number of hydrogen-bond donors (Lipinski definition) is 1. The largest absolute Gasteiger partial charge is 0.439 e. The van der Waals surface area contributed by atoms with Gasteiger partial charge >= 0.3 is 5.76 Å². The standard InChI is InChI=1S/C34H34N4O3/c1-3-5-13-30-29(33(39)38(31(4-2)35-30)26-10-8-9-25(21-26)23-18-19-23)20-22-14-16-24(17-15-22)27-11-6-7-12-28(27)32-36-34(40)41-37-32/h6-12,14-17,21,23H,3-5,13,18-20H2,1-2H3,(H,36,37,40). The first-order valence-corrected chi connectivity index (χ1v) is 14.5. The second-order valence-corrected chi connectivity index (χ2v) is 10.8. The zero-order valence-corrected chi connectivity index (χ0v) is 23.5. The molecule has 7 nitrogen and oxygen atoms in total. The number of rotatable bonds is 10. The maximum atomic E-state index is 14.2. The fourth-order valence-electron chi connectivity index (χ4n) is 5.51. The molecule has 3 aromatic carbocycles. The molecule has 0 aliphatic heterocycles. The van der Waals surface area contributed by atoms with Gasteiger partial charge in [-0.05, 0) is 66.0 Å². The lowest BCUT2D eigenvalue weighted by molar-refractivity contribution is 0.388. The average Bonchev–Trinajstić information content (AvgIpc) is 3.77. The summed E-state index contributed by atoms with van der Waals surface area (Å²) in [4.78, 5) is 33.5. The maximum absolute atomic E-state index is 14.2. The Morgan fingerprint density at radius 2 is 1.73 bits per heavy atom. The summed E-state index contributed by atoms with van der Waals surface area (Å²) in [6.45, 7) is 4.23. The van der Waals surface area contributed by atoms with Gasteiger partial charge in [0.05, 0.1) is 11.4 Å². The van der Waals surface area contributed by atoms with Crippen molar-refractivity contribution in [3.8, 4) is 28.2 Å². The molecule has 0 radical (unpaired) electrons. The summed E-state index contributed by atoms with van der Waals surface area (Å²) in [7, 11) is 0. The van der Waals surface area contributed by atoms with Gasteiger partial charge in [0.15, 0.2) is 5.82 Å². The molecule has 41 heavy (non-hydrogen) atoms. The molecule has 0 saturated heterocycles. The number of H-pyrrole nitrogens is 1. The normalized spacial score (nSPS) is 13.0. The highest BCUT2D eigenvalue weighted by Crippen LogP contribution is 2.40. The molecule has 0 bridgehead atoms. The topological polar surface area (TPSA) is 93.8 Å². The van der Waals surface area contributed by atoms with Gasteiger partial charge in [-0.25, -0.2) is 9.78 Å². The van der Waals surface area contributed by atoms with E-state index in [4.69, 9.17) is 9.51 Å². The van der Waals surface area contributed by atoms with Crippen LogP contribution in [0.3, 0.4) is 0 Å². The van der Waals surface area contributed by atoms with Crippen molar-refractivity contribution in [3.63, 3.8) is 0 Å². The van der Waals surface area contributed by atoms with E-state index in [2.05, 4.69) is 54.3 Å². The van der Waals surface area contributed by atoms with Crippen LogP contribution >= 0.6 is 0 Å². The number of unbranched alkanes of at least 4 members (excludes halogenated alkanes) is 1. The van der Waals surface area contributed by atoms with Gasteiger partial charge in [0.2, 0.25) is 0 Å². The Morgan fingerprint density at radius 3 is 2.41 bits per heavy atom. The first kappa shape index (κ1) is 26.7. The van der Waals surface area contributed by atoms with E-state index in [0.29, 0.717) is 24.6 Å². The van der Waals surface area contributed by atoms with Crippen molar-refractivity contribution in [1.29, 1.82) is 0 Å². The Labute approximate surface area is 238 Å². The van der Waals surface area contributed by atoms with Crippen LogP contribution in [0.15, 0.2) is 86.9 Å². The molecule has 6 rings (SSSR count). The minimum Gasteiger partial charge on any atom is -0.296 e. The van der Waals surface area contributed by atoms with Gasteiger partial charge in [-0.15, -0.1) is 0 Å². The quantitative estimate of drug-likeness (QED) is 0.213. The molecule has 1 aliphatic carbocycles. The molecule has 1 aliphatic rings. The number of hydrogen-bond acceptors (Lipinski definition) is 5. The maximum Gasteiger partial charge on any atom is 0.439 e. The molecular weight excluding hydrogens is 512 g/mol. The van der Waals surface area contributed by atoms with Crippen LogP contribution in [-0.4, -0.2) is 19.7 Å². The highest BCUT2D eigenvalue weighted by Gasteiger charge is 2.24. The number of benzene rings is 3. The molecule has 1 N–H and O–H groups in total. The van der Waals surface area contributed by atoms with Crippen molar-refractivity contribution in [2.75, 3.05) is 0 Å². The molecule has 0 amide bonds. The average molecular weight is 547 g/mol. The van der Waals surface area contributed by atoms with Crippen molar-refractivity contribution in [2.45, 2.75) is 64.7 Å². The van der Waals surface area contributed by atoms with Gasteiger partial charge in [-0.2, -0.15) is 0 Å². The fraction of sp³-hybridized carbons (Fsp3) is 0.294. The van der Waals surface area contributed by atoms with E-state index in [1.165, 1.54) is 18.4 Å². The number of aromatic nitrogens is 4. The molecule has 5 aromatic rings. The van der Waals surface area contributed by atoms with Gasteiger partial charge in [0, 0.05) is 24.0 Å². The van der Waals surface area contributed by atoms with E-state index < -0.39 is 5.76 Å². The predicted octanol–water partition coefficient (Wildman–Crippen LogP) is 6.62. The Bertz CT molecular complexity index is 1790. The van der Waals surface area contributed by atoms with Gasteiger partial charge in [0.1, 0.15) is 5.82 Å². The fourth-order valence-corrected chi connectivity index (χ4v) is 5.51. The molecule has 0 atom stereocenters. The summed E-state index contributed by atoms with van der Waals surface area (Å²) in [5.74, 6) is 1.23. The number of aryl methyl sites for hydroxylation is 2. The first-order chi connectivity index (χ1) is 20.1. The summed E-state index contributed by atoms with van der Waals surface area (Å²) in [6, 6.07) is 24.4. The minimum absolute atomic E-state index is 0.0281. The minimum atomic E-state index is -0.586. The molecule has 0 unspecified atom stereocenters. The third-order valence-corrected chi connectivity index (χ3v) is 7.86. The van der Waals surface area contributed by atoms with E-state index in [0.717, 1.165) is 64.3 Å². The van der Waals surface area contributed by atoms with Crippen LogP contribution in [0, 0.1) is 0 Å². The molecule has 0 spiro atoms. The molecule has 2 aromatic heterocycles. The second-order valence-electron chi connectivity index (χ2n) is 10.8. The number of nitrogens with zero attached hydrogens (tertiary/aromatic N) is 3. The SMILES string of the molecule is CCCCc1nc(CC)n(-c2cccc(C3CC3)c2)c(=O)c1Cc1ccc(-c2ccccc2-c2noc(=O)[nH]2)cc1. The molecule has 2 heterocycles. The third kappa shape index (κ3) is 5.57. The first-order valence-electron chi connectivity index (χ1n) is 14.5. The van der Waals surface area contributed by atoms with E-state index in [-0.39, 0.29) is 5.56 Å².